The molecule has 1 fully saturated rings. The van der Waals surface area contributed by atoms with E-state index in [9.17, 15) is 4.79 Å². The van der Waals surface area contributed by atoms with E-state index in [-0.39, 0.29) is 13.2 Å². The number of carbonyl (C=O) groups is 1. The molecule has 1 saturated heterocycles. The Kier molecular flexibility index (Phi) is 25.7. The molecule has 0 aromatic heterocycles. The number of hydrogen-bond donors (Lipinski definition) is 4. The van der Waals surface area contributed by atoms with Crippen LogP contribution in [-0.2, 0) is 9.53 Å². The molecule has 6 nitrogen and oxygen atoms in total. The van der Waals surface area contributed by atoms with Gasteiger partial charge in [0.2, 0.25) is 0 Å². The standard InChI is InChI=1S/C16H32O2.C3H8O3.C3H6O/c1-2-3-4-5-6-7-8-9-10-11-12-13-14-15-16(17)18;4-1-3(6)2-5;1-3-2-4-3/h2-15H2,1H3,(H,17,18);3-6H,1-2H2;3H,2H2,1H3. The summed E-state index contributed by atoms with van der Waals surface area (Å²) < 4.78 is 4.71. The zero-order valence-electron chi connectivity index (χ0n) is 18.3. The molecule has 0 saturated carbocycles. The van der Waals surface area contributed by atoms with E-state index in [2.05, 4.69) is 13.8 Å². The molecule has 4 N–H and O–H groups in total. The van der Waals surface area contributed by atoms with Crippen LogP contribution in [0.5, 0.6) is 0 Å². The summed E-state index contributed by atoms with van der Waals surface area (Å²) in [6, 6.07) is 0. The molecule has 0 radical (unpaired) electrons. The van der Waals surface area contributed by atoms with E-state index in [4.69, 9.17) is 25.2 Å². The molecule has 0 aromatic carbocycles. The van der Waals surface area contributed by atoms with Crippen molar-refractivity contribution in [1.82, 2.24) is 0 Å². The van der Waals surface area contributed by atoms with E-state index in [1.807, 2.05) is 0 Å². The molecule has 0 aliphatic carbocycles. The van der Waals surface area contributed by atoms with Crippen LogP contribution in [0.2, 0.25) is 0 Å². The second kappa shape index (κ2) is 24.3. The van der Waals surface area contributed by atoms with Gasteiger partial charge >= 0.3 is 5.97 Å². The lowest BCUT2D eigenvalue weighted by Gasteiger charge is -2.02. The van der Waals surface area contributed by atoms with Gasteiger partial charge in [-0.25, -0.2) is 0 Å². The first-order valence-electron chi connectivity index (χ1n) is 11.2. The molecule has 1 atom stereocenters. The molecular formula is C22H46O6. The number of ether oxygens (including phenoxy) is 1. The average molecular weight is 407 g/mol. The van der Waals surface area contributed by atoms with Crippen LogP contribution in [0.4, 0.5) is 0 Å². The summed E-state index contributed by atoms with van der Waals surface area (Å²) in [5.74, 6) is -0.655. The van der Waals surface area contributed by atoms with Gasteiger partial charge in [-0.05, 0) is 13.3 Å². The van der Waals surface area contributed by atoms with Gasteiger partial charge in [0.05, 0.1) is 25.9 Å². The highest BCUT2D eigenvalue weighted by Crippen LogP contribution is 2.12. The van der Waals surface area contributed by atoms with Crippen LogP contribution in [-0.4, -0.2) is 58.4 Å². The van der Waals surface area contributed by atoms with Gasteiger partial charge in [0.1, 0.15) is 6.10 Å². The largest absolute Gasteiger partial charge is 0.481 e. The predicted octanol–water partition coefficient (Wildman–Crippen LogP) is 4.29. The molecule has 0 bridgehead atoms. The predicted molar refractivity (Wildman–Crippen MR) is 114 cm³/mol. The fourth-order valence-corrected chi connectivity index (χ4v) is 2.45. The number of aliphatic hydroxyl groups excluding tert-OH is 3. The van der Waals surface area contributed by atoms with Gasteiger partial charge in [0.15, 0.2) is 0 Å². The zero-order valence-corrected chi connectivity index (χ0v) is 18.3. The van der Waals surface area contributed by atoms with E-state index in [1.165, 1.54) is 70.6 Å². The minimum Gasteiger partial charge on any atom is -0.481 e. The number of epoxide rings is 1. The van der Waals surface area contributed by atoms with Crippen molar-refractivity contribution in [1.29, 1.82) is 0 Å². The van der Waals surface area contributed by atoms with E-state index < -0.39 is 12.1 Å². The molecule has 1 unspecified atom stereocenters. The third kappa shape index (κ3) is 32.9. The Bertz CT molecular complexity index is 303. The third-order valence-electron chi connectivity index (χ3n) is 4.42. The summed E-state index contributed by atoms with van der Waals surface area (Å²) in [6.45, 7) is 4.57. The first kappa shape index (κ1) is 29.5. The molecule has 1 heterocycles. The molecule has 0 spiro atoms. The molecule has 0 aromatic rings. The molecule has 1 aliphatic rings. The average Bonchev–Trinajstić information content (AvgIpc) is 3.47. The van der Waals surface area contributed by atoms with Crippen molar-refractivity contribution in [3.63, 3.8) is 0 Å². The minimum atomic E-state index is -0.954. The maximum Gasteiger partial charge on any atom is 0.303 e. The Morgan fingerprint density at radius 2 is 1.18 bits per heavy atom. The summed E-state index contributed by atoms with van der Waals surface area (Å²) in [7, 11) is 0. The second-order valence-corrected chi connectivity index (χ2v) is 7.55. The lowest BCUT2D eigenvalue weighted by atomic mass is 10.0. The second-order valence-electron chi connectivity index (χ2n) is 7.55. The lowest BCUT2D eigenvalue weighted by molar-refractivity contribution is -0.137. The minimum absolute atomic E-state index is 0.345. The van der Waals surface area contributed by atoms with Crippen LogP contribution < -0.4 is 0 Å². The van der Waals surface area contributed by atoms with Gasteiger partial charge in [0, 0.05) is 6.42 Å². The van der Waals surface area contributed by atoms with E-state index in [0.717, 1.165) is 19.4 Å². The number of carboxylic acids is 1. The van der Waals surface area contributed by atoms with Crippen molar-refractivity contribution in [3.05, 3.63) is 0 Å². The van der Waals surface area contributed by atoms with Gasteiger partial charge < -0.3 is 25.2 Å². The Hall–Kier alpha value is -0.690. The molecule has 28 heavy (non-hydrogen) atoms. The lowest BCUT2D eigenvalue weighted by Crippen LogP contribution is -2.15. The zero-order chi connectivity index (χ0) is 21.5. The number of rotatable bonds is 16. The normalized spacial score (nSPS) is 14.7. The summed E-state index contributed by atoms with van der Waals surface area (Å²) in [6.07, 6.45) is 16.9. The first-order valence-corrected chi connectivity index (χ1v) is 11.2. The first-order chi connectivity index (χ1) is 13.5. The van der Waals surface area contributed by atoms with Crippen LogP contribution in [0, 0.1) is 0 Å². The van der Waals surface area contributed by atoms with Crippen molar-refractivity contribution in [2.75, 3.05) is 19.8 Å². The van der Waals surface area contributed by atoms with Crippen LogP contribution >= 0.6 is 0 Å². The molecule has 170 valence electrons. The van der Waals surface area contributed by atoms with Gasteiger partial charge in [-0.3, -0.25) is 4.79 Å². The van der Waals surface area contributed by atoms with Crippen LogP contribution in [0.25, 0.3) is 0 Å². The highest BCUT2D eigenvalue weighted by Gasteiger charge is 2.13. The quantitative estimate of drug-likeness (QED) is 0.225. The number of carboxylic acid groups (broad SMARTS) is 1. The Morgan fingerprint density at radius 3 is 1.39 bits per heavy atom. The summed E-state index contributed by atoms with van der Waals surface area (Å²) in [5.41, 5.74) is 0. The smallest absolute Gasteiger partial charge is 0.303 e. The number of hydrogen-bond acceptors (Lipinski definition) is 5. The molecule has 6 heteroatoms. The Labute approximate surface area is 172 Å². The van der Waals surface area contributed by atoms with E-state index >= 15 is 0 Å². The third-order valence-corrected chi connectivity index (χ3v) is 4.42. The Morgan fingerprint density at radius 1 is 0.857 bits per heavy atom. The van der Waals surface area contributed by atoms with Crippen molar-refractivity contribution in [3.8, 4) is 0 Å². The monoisotopic (exact) mass is 406 g/mol. The Balaban J connectivity index is 0. The highest BCUT2D eigenvalue weighted by atomic mass is 16.6. The van der Waals surface area contributed by atoms with Gasteiger partial charge in [-0.1, -0.05) is 84.0 Å². The highest BCUT2D eigenvalue weighted by molar-refractivity contribution is 5.66. The molecule has 1 aliphatic heterocycles. The van der Waals surface area contributed by atoms with Crippen molar-refractivity contribution >= 4 is 5.97 Å². The van der Waals surface area contributed by atoms with Crippen molar-refractivity contribution in [2.24, 2.45) is 0 Å². The van der Waals surface area contributed by atoms with Crippen LogP contribution in [0.15, 0.2) is 0 Å². The van der Waals surface area contributed by atoms with E-state index in [0.29, 0.717) is 12.5 Å². The summed E-state index contributed by atoms with van der Waals surface area (Å²) >= 11 is 0. The van der Waals surface area contributed by atoms with Crippen molar-refractivity contribution < 1.29 is 30.0 Å². The van der Waals surface area contributed by atoms with Crippen LogP contribution in [0.1, 0.15) is 104 Å². The maximum atomic E-state index is 10.3. The summed E-state index contributed by atoms with van der Waals surface area (Å²) in [4.78, 5) is 10.3. The topological polar surface area (TPSA) is 111 Å². The van der Waals surface area contributed by atoms with Crippen LogP contribution in [0.3, 0.4) is 0 Å². The number of aliphatic hydroxyl groups is 3. The molecule has 1 rings (SSSR count). The van der Waals surface area contributed by atoms with Crippen molar-refractivity contribution in [2.45, 2.75) is 116 Å². The molecular weight excluding hydrogens is 360 g/mol. The summed E-state index contributed by atoms with van der Waals surface area (Å²) in [5, 5.41) is 32.5. The van der Waals surface area contributed by atoms with E-state index in [1.54, 1.807) is 0 Å². The number of unbranched alkanes of at least 4 members (excludes halogenated alkanes) is 12. The fraction of sp³-hybridized carbons (Fsp3) is 0.955. The fourth-order valence-electron chi connectivity index (χ4n) is 2.45. The van der Waals surface area contributed by atoms with Gasteiger partial charge in [-0.2, -0.15) is 0 Å². The maximum absolute atomic E-state index is 10.3. The van der Waals surface area contributed by atoms with Gasteiger partial charge in [-0.15, -0.1) is 0 Å². The molecule has 0 amide bonds. The number of aliphatic carboxylic acids is 1. The SMILES string of the molecule is CC1CO1.CCCCCCCCCCCCCCCC(=O)O.OCC(O)CO. The van der Waals surface area contributed by atoms with Gasteiger partial charge in [0.25, 0.3) is 0 Å².